The Morgan fingerprint density at radius 2 is 1.07 bits per heavy atom. The lowest BCUT2D eigenvalue weighted by Crippen LogP contribution is -2.30. The zero-order valence-corrected chi connectivity index (χ0v) is 34.2. The van der Waals surface area contributed by atoms with Crippen LogP contribution >= 0.6 is 40.7 Å². The number of aromatic nitrogens is 2. The molecule has 292 valence electrons. The summed E-state index contributed by atoms with van der Waals surface area (Å²) in [5.74, 6) is 0. The van der Waals surface area contributed by atoms with Crippen molar-refractivity contribution in [3.63, 3.8) is 0 Å². The minimum Gasteiger partial charge on any atom is -0.357 e. The molecular weight excluding hydrogens is 816 g/mol. The van der Waals surface area contributed by atoms with Crippen molar-refractivity contribution < 1.29 is 13.2 Å². The summed E-state index contributed by atoms with van der Waals surface area (Å²) in [5.41, 5.74) is 10.1. The number of aromatic amines is 2. The van der Waals surface area contributed by atoms with Crippen LogP contribution < -0.4 is 10.6 Å². The molecule has 0 bridgehead atoms. The van der Waals surface area contributed by atoms with Crippen molar-refractivity contribution in [3.8, 4) is 0 Å². The topological polar surface area (TPSA) is 55.6 Å². The van der Waals surface area contributed by atoms with E-state index in [2.05, 4.69) is 134 Å². The van der Waals surface area contributed by atoms with Crippen LogP contribution in [0.15, 0.2) is 132 Å². The lowest BCUT2D eigenvalue weighted by atomic mass is 9.89. The Labute approximate surface area is 347 Å². The molecule has 7 aromatic rings. The normalized spacial score (nSPS) is 16.9. The first-order valence-electron chi connectivity index (χ1n) is 18.9. The third kappa shape index (κ3) is 8.90. The molecule has 0 saturated heterocycles. The maximum atomic E-state index is 13.1. The molecule has 5 aromatic carbocycles. The molecule has 0 radical (unpaired) electrons. The van der Waals surface area contributed by atoms with E-state index in [-0.39, 0.29) is 42.9 Å². The highest BCUT2D eigenvalue weighted by Crippen LogP contribution is 2.40. The summed E-state index contributed by atoms with van der Waals surface area (Å²) in [5, 5.41) is 9.68. The minimum absolute atomic E-state index is 0. The molecule has 9 rings (SSSR count). The van der Waals surface area contributed by atoms with Gasteiger partial charge in [0.1, 0.15) is 0 Å². The van der Waals surface area contributed by atoms with E-state index in [9.17, 15) is 13.2 Å². The average Bonchev–Trinajstić information content (AvgIpc) is 3.77. The fraction of sp³-hybridized carbons (Fsp3) is 0.261. The van der Waals surface area contributed by atoms with Gasteiger partial charge >= 0.3 is 6.18 Å². The fourth-order valence-corrected chi connectivity index (χ4v) is 8.78. The van der Waals surface area contributed by atoms with E-state index in [4.69, 9.17) is 0 Å². The molecule has 2 unspecified atom stereocenters. The molecule has 0 saturated carbocycles. The number of halogens is 6. The van der Waals surface area contributed by atoms with E-state index >= 15 is 0 Å². The van der Waals surface area contributed by atoms with Crippen LogP contribution in [0.1, 0.15) is 102 Å². The van der Waals surface area contributed by atoms with Crippen molar-refractivity contribution in [2.75, 3.05) is 0 Å². The first-order chi connectivity index (χ1) is 26.2. The monoisotopic (exact) mass is 860 g/mol. The molecule has 2 aliphatic carbocycles. The summed E-state index contributed by atoms with van der Waals surface area (Å²) in [6, 6.07) is 43.1. The van der Waals surface area contributed by atoms with E-state index in [0.717, 1.165) is 59.4 Å². The van der Waals surface area contributed by atoms with E-state index in [1.165, 1.54) is 51.3 Å². The van der Waals surface area contributed by atoms with Gasteiger partial charge in [0, 0.05) is 55.8 Å². The molecule has 2 aromatic heterocycles. The van der Waals surface area contributed by atoms with Gasteiger partial charge < -0.3 is 15.3 Å². The van der Waals surface area contributed by atoms with Gasteiger partial charge in [-0.2, -0.15) is 13.2 Å². The van der Waals surface area contributed by atoms with Crippen LogP contribution in [-0.4, -0.2) is 9.97 Å². The van der Waals surface area contributed by atoms with Crippen molar-refractivity contribution in [1.29, 1.82) is 0 Å². The highest BCUT2D eigenvalue weighted by Gasteiger charge is 2.32. The summed E-state index contributed by atoms with van der Waals surface area (Å²) >= 11 is 3.63. The smallest absolute Gasteiger partial charge is 0.357 e. The predicted octanol–water partition coefficient (Wildman–Crippen LogP) is 13.4. The van der Waals surface area contributed by atoms with Crippen molar-refractivity contribution >= 4 is 62.5 Å². The number of rotatable bonds is 7. The fourth-order valence-electron chi connectivity index (χ4n) is 8.42. The molecular formula is C46H46BrCl2F3N4. The number of H-pyrrole nitrogens is 2. The number of hydrogen-bond acceptors (Lipinski definition) is 2. The third-order valence-electron chi connectivity index (χ3n) is 11.1. The SMILES string of the molecule is Brc1ccc2[nH]c3c(c2c1)CCCC3NC(c1ccccc1)c1ccccc1.C[C@@H](NC1CCCc2c1[nH]c1ccc(C(F)(F)F)cc21)c1ccccc1.Cl.Cl. The molecule has 10 heteroatoms. The van der Waals surface area contributed by atoms with E-state index in [0.29, 0.717) is 11.4 Å². The lowest BCUT2D eigenvalue weighted by Gasteiger charge is -2.29. The standard InChI is InChI=1S/C25H23BrN2.C21H21F3N2.2ClH/c26-19-14-15-22-21(16-19)20-12-7-13-23(25(20)27-22)28-24(17-8-3-1-4-9-17)18-10-5-2-6-11-18;1-13(14-6-3-2-4-7-14)25-19-9-5-8-16-17-12-15(21(22,23)24)10-11-18(17)26-20(16)19;;/h1-6,8-11,14-16,23-24,27-28H,7,12-13H2;2-4,6-7,10-13,19,25-26H,5,8-9H2,1H3;2*1H/t;13-,19?;;/m.1../s1. The minimum atomic E-state index is -4.31. The second kappa shape index (κ2) is 18.0. The Balaban J connectivity index is 0.000000184. The number of nitrogens with one attached hydrogen (secondary N) is 4. The number of aryl methyl sites for hydroxylation is 2. The maximum absolute atomic E-state index is 13.1. The first kappa shape index (κ1) is 41.6. The van der Waals surface area contributed by atoms with Crippen LogP contribution in [0.3, 0.4) is 0 Å². The Kier molecular flexibility index (Phi) is 13.4. The number of alkyl halides is 3. The van der Waals surface area contributed by atoms with E-state index in [1.54, 1.807) is 6.07 Å². The van der Waals surface area contributed by atoms with Gasteiger partial charge in [0.05, 0.1) is 11.6 Å². The van der Waals surface area contributed by atoms with Crippen LogP contribution in [0.25, 0.3) is 21.8 Å². The van der Waals surface area contributed by atoms with Crippen molar-refractivity contribution in [3.05, 3.63) is 177 Å². The molecule has 2 heterocycles. The van der Waals surface area contributed by atoms with Crippen LogP contribution in [0.4, 0.5) is 13.2 Å². The zero-order valence-electron chi connectivity index (χ0n) is 31.0. The van der Waals surface area contributed by atoms with Gasteiger partial charge in [0.25, 0.3) is 0 Å². The molecule has 4 nitrogen and oxygen atoms in total. The summed E-state index contributed by atoms with van der Waals surface area (Å²) in [6.45, 7) is 2.12. The van der Waals surface area contributed by atoms with Gasteiger partial charge in [0.15, 0.2) is 0 Å². The Morgan fingerprint density at radius 1 is 0.607 bits per heavy atom. The van der Waals surface area contributed by atoms with Crippen molar-refractivity contribution in [2.24, 2.45) is 0 Å². The Hall–Kier alpha value is -4.05. The quantitative estimate of drug-likeness (QED) is 0.129. The molecule has 0 aliphatic heterocycles. The number of fused-ring (bicyclic) bond motifs is 6. The van der Waals surface area contributed by atoms with Crippen LogP contribution in [0, 0.1) is 0 Å². The Bertz CT molecular complexity index is 2310. The maximum Gasteiger partial charge on any atom is 0.416 e. The summed E-state index contributed by atoms with van der Waals surface area (Å²) < 4.78 is 40.3. The predicted molar refractivity (Wildman–Crippen MR) is 231 cm³/mol. The molecule has 56 heavy (non-hydrogen) atoms. The first-order valence-corrected chi connectivity index (χ1v) is 19.7. The van der Waals surface area contributed by atoms with E-state index < -0.39 is 11.7 Å². The molecule has 0 amide bonds. The molecule has 2 aliphatic rings. The van der Waals surface area contributed by atoms with Crippen LogP contribution in [0.2, 0.25) is 0 Å². The van der Waals surface area contributed by atoms with Gasteiger partial charge in [-0.25, -0.2) is 0 Å². The van der Waals surface area contributed by atoms with Crippen molar-refractivity contribution in [2.45, 2.75) is 75.8 Å². The molecule has 4 N–H and O–H groups in total. The largest absolute Gasteiger partial charge is 0.416 e. The number of benzene rings is 5. The van der Waals surface area contributed by atoms with Gasteiger partial charge in [0.2, 0.25) is 0 Å². The molecule has 0 fully saturated rings. The summed E-state index contributed by atoms with van der Waals surface area (Å²) in [6.07, 6.45) is 1.95. The van der Waals surface area contributed by atoms with Gasteiger partial charge in [-0.15, -0.1) is 24.8 Å². The number of hydrogen-bond donors (Lipinski definition) is 4. The van der Waals surface area contributed by atoms with E-state index in [1.807, 2.05) is 18.2 Å². The highest BCUT2D eigenvalue weighted by molar-refractivity contribution is 9.10. The summed E-state index contributed by atoms with van der Waals surface area (Å²) in [4.78, 5) is 7.09. The third-order valence-corrected chi connectivity index (χ3v) is 11.6. The zero-order chi connectivity index (χ0) is 37.2. The molecule has 0 spiro atoms. The summed E-state index contributed by atoms with van der Waals surface area (Å²) in [7, 11) is 0. The van der Waals surface area contributed by atoms with Crippen molar-refractivity contribution in [1.82, 2.24) is 20.6 Å². The van der Waals surface area contributed by atoms with Crippen LogP contribution in [-0.2, 0) is 19.0 Å². The second-order valence-corrected chi connectivity index (χ2v) is 15.5. The second-order valence-electron chi connectivity index (χ2n) is 14.6. The average molecular weight is 863 g/mol. The van der Waals surface area contributed by atoms with Gasteiger partial charge in [-0.1, -0.05) is 107 Å². The molecule has 3 atom stereocenters. The Morgan fingerprint density at radius 3 is 1.59 bits per heavy atom. The van der Waals surface area contributed by atoms with Crippen LogP contribution in [0.5, 0.6) is 0 Å². The van der Waals surface area contributed by atoms with Gasteiger partial charge in [-0.05, 0) is 110 Å². The lowest BCUT2D eigenvalue weighted by molar-refractivity contribution is -0.137. The van der Waals surface area contributed by atoms with Gasteiger partial charge in [-0.3, -0.25) is 5.32 Å². The highest BCUT2D eigenvalue weighted by atomic mass is 79.9.